The van der Waals surface area contributed by atoms with E-state index < -0.39 is 0 Å². The van der Waals surface area contributed by atoms with E-state index in [0.29, 0.717) is 6.54 Å². The molecule has 5 nitrogen and oxygen atoms in total. The second-order valence-corrected chi connectivity index (χ2v) is 8.18. The molecule has 0 atom stereocenters. The van der Waals surface area contributed by atoms with Crippen LogP contribution in [0.25, 0.3) is 11.3 Å². The quantitative estimate of drug-likeness (QED) is 0.690. The number of hydrogen-bond donors (Lipinski definition) is 1. The van der Waals surface area contributed by atoms with Gasteiger partial charge in [-0.15, -0.1) is 11.3 Å². The van der Waals surface area contributed by atoms with Crippen LogP contribution in [-0.4, -0.2) is 48.5 Å². The summed E-state index contributed by atoms with van der Waals surface area (Å²) in [7, 11) is 0. The number of thiazole rings is 1. The van der Waals surface area contributed by atoms with Gasteiger partial charge in [0.15, 0.2) is 0 Å². The molecule has 1 amide bonds. The van der Waals surface area contributed by atoms with E-state index in [2.05, 4.69) is 20.1 Å². The number of aryl methyl sites for hydroxylation is 1. The molecule has 1 N–H and O–H groups in total. The van der Waals surface area contributed by atoms with Crippen molar-refractivity contribution in [1.29, 1.82) is 0 Å². The van der Waals surface area contributed by atoms with Crippen molar-refractivity contribution in [3.63, 3.8) is 0 Å². The van der Waals surface area contributed by atoms with E-state index in [9.17, 15) is 9.18 Å². The summed E-state index contributed by atoms with van der Waals surface area (Å²) in [6.07, 6.45) is 0. The standard InChI is InChI=1S/C22H23FN4OS/c1-16-24-21(15-29-16)17-3-2-4-19(13-17)25-22(28)14-26-9-11-27(12-10-26)20-7-5-18(23)6-8-20/h2-8,13,15H,9-12,14H2,1H3,(H,25,28). The average Bonchev–Trinajstić information content (AvgIpc) is 3.16. The zero-order valence-corrected chi connectivity index (χ0v) is 17.1. The van der Waals surface area contributed by atoms with Gasteiger partial charge in [-0.25, -0.2) is 9.37 Å². The molecule has 29 heavy (non-hydrogen) atoms. The fraction of sp³-hybridized carbons (Fsp3) is 0.273. The Bertz CT molecular complexity index is 980. The minimum atomic E-state index is -0.224. The molecule has 0 spiro atoms. The maximum Gasteiger partial charge on any atom is 0.238 e. The van der Waals surface area contributed by atoms with E-state index in [1.165, 1.54) is 12.1 Å². The lowest BCUT2D eigenvalue weighted by Gasteiger charge is -2.35. The lowest BCUT2D eigenvalue weighted by Crippen LogP contribution is -2.48. The first kappa shape index (κ1) is 19.5. The van der Waals surface area contributed by atoms with Gasteiger partial charge in [0.05, 0.1) is 17.2 Å². The van der Waals surface area contributed by atoms with Gasteiger partial charge >= 0.3 is 0 Å². The van der Waals surface area contributed by atoms with E-state index in [0.717, 1.165) is 53.8 Å². The Kier molecular flexibility index (Phi) is 5.87. The Balaban J connectivity index is 1.30. The number of piperazine rings is 1. The van der Waals surface area contributed by atoms with Gasteiger partial charge in [0.25, 0.3) is 0 Å². The molecule has 0 unspecified atom stereocenters. The van der Waals surface area contributed by atoms with Crippen molar-refractivity contribution < 1.29 is 9.18 Å². The van der Waals surface area contributed by atoms with Gasteiger partial charge in [0, 0.05) is 48.5 Å². The molecule has 0 saturated carbocycles. The zero-order chi connectivity index (χ0) is 20.2. The van der Waals surface area contributed by atoms with Crippen LogP contribution >= 0.6 is 11.3 Å². The van der Waals surface area contributed by atoms with Crippen LogP contribution in [0.1, 0.15) is 5.01 Å². The third-order valence-corrected chi connectivity index (χ3v) is 5.77. The number of anilines is 2. The van der Waals surface area contributed by atoms with Crippen molar-refractivity contribution in [3.8, 4) is 11.3 Å². The Morgan fingerprint density at radius 1 is 1.14 bits per heavy atom. The van der Waals surface area contributed by atoms with Crippen LogP contribution in [0.3, 0.4) is 0 Å². The normalized spacial score (nSPS) is 14.8. The minimum absolute atomic E-state index is 0.0214. The van der Waals surface area contributed by atoms with Gasteiger partial charge in [0.1, 0.15) is 5.82 Å². The Morgan fingerprint density at radius 3 is 2.59 bits per heavy atom. The fourth-order valence-electron chi connectivity index (χ4n) is 3.47. The number of carbonyl (C=O) groups is 1. The molecular weight excluding hydrogens is 387 g/mol. The van der Waals surface area contributed by atoms with Gasteiger partial charge in [0.2, 0.25) is 5.91 Å². The summed E-state index contributed by atoms with van der Waals surface area (Å²) in [6, 6.07) is 14.3. The third kappa shape index (κ3) is 4.99. The molecule has 0 aliphatic carbocycles. The summed E-state index contributed by atoms with van der Waals surface area (Å²) >= 11 is 1.61. The molecule has 2 heterocycles. The number of hydrogen-bond acceptors (Lipinski definition) is 5. The SMILES string of the molecule is Cc1nc(-c2cccc(NC(=O)CN3CCN(c4ccc(F)cc4)CC3)c2)cs1. The van der Waals surface area contributed by atoms with Crippen LogP contribution < -0.4 is 10.2 Å². The summed E-state index contributed by atoms with van der Waals surface area (Å²) in [6.45, 7) is 5.56. The van der Waals surface area contributed by atoms with Gasteiger partial charge in [-0.05, 0) is 43.3 Å². The summed E-state index contributed by atoms with van der Waals surface area (Å²) in [4.78, 5) is 21.4. The number of aromatic nitrogens is 1. The molecule has 0 bridgehead atoms. The number of rotatable bonds is 5. The Morgan fingerprint density at radius 2 is 1.90 bits per heavy atom. The minimum Gasteiger partial charge on any atom is -0.369 e. The summed E-state index contributed by atoms with van der Waals surface area (Å²) in [5, 5.41) is 6.04. The highest BCUT2D eigenvalue weighted by atomic mass is 32.1. The van der Waals surface area contributed by atoms with Gasteiger partial charge in [-0.3, -0.25) is 9.69 Å². The summed E-state index contributed by atoms with van der Waals surface area (Å²) in [5.74, 6) is -0.245. The summed E-state index contributed by atoms with van der Waals surface area (Å²) in [5.41, 5.74) is 3.73. The number of amides is 1. The van der Waals surface area contributed by atoms with Crippen molar-refractivity contribution in [3.05, 3.63) is 64.7 Å². The highest BCUT2D eigenvalue weighted by Gasteiger charge is 2.19. The largest absolute Gasteiger partial charge is 0.369 e. The maximum absolute atomic E-state index is 13.1. The van der Waals surface area contributed by atoms with Crippen LogP contribution in [0.5, 0.6) is 0 Å². The molecule has 1 fully saturated rings. The molecule has 0 radical (unpaired) electrons. The molecule has 1 saturated heterocycles. The van der Waals surface area contributed by atoms with E-state index in [1.807, 2.05) is 36.6 Å². The van der Waals surface area contributed by atoms with E-state index in [1.54, 1.807) is 23.5 Å². The van der Waals surface area contributed by atoms with Gasteiger partial charge < -0.3 is 10.2 Å². The number of benzene rings is 2. The van der Waals surface area contributed by atoms with Crippen LogP contribution in [0.2, 0.25) is 0 Å². The van der Waals surface area contributed by atoms with E-state index in [-0.39, 0.29) is 11.7 Å². The van der Waals surface area contributed by atoms with Crippen molar-refractivity contribution in [2.24, 2.45) is 0 Å². The molecule has 1 aliphatic heterocycles. The van der Waals surface area contributed by atoms with Crippen molar-refractivity contribution >= 4 is 28.6 Å². The second kappa shape index (κ2) is 8.71. The number of nitrogens with zero attached hydrogens (tertiary/aromatic N) is 3. The molecule has 1 aromatic heterocycles. The van der Waals surface area contributed by atoms with Crippen molar-refractivity contribution in [2.45, 2.75) is 6.92 Å². The lowest BCUT2D eigenvalue weighted by molar-refractivity contribution is -0.117. The molecular formula is C22H23FN4OS. The second-order valence-electron chi connectivity index (χ2n) is 7.12. The molecule has 1 aliphatic rings. The third-order valence-electron chi connectivity index (χ3n) is 4.99. The Labute approximate surface area is 173 Å². The summed E-state index contributed by atoms with van der Waals surface area (Å²) < 4.78 is 13.1. The first-order valence-corrected chi connectivity index (χ1v) is 10.5. The monoisotopic (exact) mass is 410 g/mol. The average molecular weight is 411 g/mol. The molecule has 7 heteroatoms. The van der Waals surface area contributed by atoms with Gasteiger partial charge in [-0.2, -0.15) is 0 Å². The number of carbonyl (C=O) groups excluding carboxylic acids is 1. The Hall–Kier alpha value is -2.77. The van der Waals surface area contributed by atoms with Gasteiger partial charge in [-0.1, -0.05) is 12.1 Å². The van der Waals surface area contributed by atoms with Crippen LogP contribution in [0.4, 0.5) is 15.8 Å². The molecule has 3 aromatic rings. The highest BCUT2D eigenvalue weighted by Crippen LogP contribution is 2.24. The van der Waals surface area contributed by atoms with Crippen LogP contribution in [-0.2, 0) is 4.79 Å². The predicted octanol–water partition coefficient (Wildman–Crippen LogP) is 4.02. The first-order chi connectivity index (χ1) is 14.1. The zero-order valence-electron chi connectivity index (χ0n) is 16.3. The topological polar surface area (TPSA) is 48.5 Å². The first-order valence-electron chi connectivity index (χ1n) is 9.62. The molecule has 150 valence electrons. The number of nitrogens with one attached hydrogen (secondary N) is 1. The lowest BCUT2D eigenvalue weighted by atomic mass is 10.1. The van der Waals surface area contributed by atoms with Crippen LogP contribution in [0, 0.1) is 12.7 Å². The van der Waals surface area contributed by atoms with Crippen molar-refractivity contribution in [1.82, 2.24) is 9.88 Å². The molecule has 4 rings (SSSR count). The highest BCUT2D eigenvalue weighted by molar-refractivity contribution is 7.09. The number of halogens is 1. The van der Waals surface area contributed by atoms with E-state index >= 15 is 0 Å². The molecule has 2 aromatic carbocycles. The van der Waals surface area contributed by atoms with Crippen molar-refractivity contribution in [2.75, 3.05) is 42.9 Å². The predicted molar refractivity (Wildman–Crippen MR) is 116 cm³/mol. The fourth-order valence-corrected chi connectivity index (χ4v) is 4.09. The maximum atomic E-state index is 13.1. The smallest absolute Gasteiger partial charge is 0.238 e. The van der Waals surface area contributed by atoms with E-state index in [4.69, 9.17) is 0 Å². The van der Waals surface area contributed by atoms with Crippen LogP contribution in [0.15, 0.2) is 53.9 Å².